The molecule has 1 atom stereocenters. The maximum absolute atomic E-state index is 14.7. The fourth-order valence-electron chi connectivity index (χ4n) is 1.56. The van der Waals surface area contributed by atoms with Crippen molar-refractivity contribution in [3.05, 3.63) is 35.4 Å². The van der Waals surface area contributed by atoms with E-state index in [0.717, 1.165) is 5.56 Å². The van der Waals surface area contributed by atoms with Gasteiger partial charge in [-0.1, -0.05) is 45.0 Å². The zero-order valence-electron chi connectivity index (χ0n) is 9.97. The molecule has 0 aromatic heterocycles. The molecule has 2 heteroatoms. The van der Waals surface area contributed by atoms with Crippen LogP contribution >= 0.6 is 0 Å². The second-order valence-corrected chi connectivity index (χ2v) is 5.11. The molecule has 1 unspecified atom stereocenters. The van der Waals surface area contributed by atoms with E-state index in [0.29, 0.717) is 12.1 Å². The lowest BCUT2D eigenvalue weighted by Gasteiger charge is -2.36. The second kappa shape index (κ2) is 3.93. The lowest BCUT2D eigenvalue weighted by atomic mass is 9.73. The third-order valence-electron chi connectivity index (χ3n) is 3.15. The summed E-state index contributed by atoms with van der Waals surface area (Å²) in [6.07, 6.45) is 0. The van der Waals surface area contributed by atoms with E-state index in [1.165, 1.54) is 0 Å². The van der Waals surface area contributed by atoms with Crippen LogP contribution in [0, 0.1) is 5.41 Å². The van der Waals surface area contributed by atoms with Gasteiger partial charge in [-0.05, 0) is 23.5 Å². The van der Waals surface area contributed by atoms with Crippen LogP contribution in [0.2, 0.25) is 0 Å². The van der Waals surface area contributed by atoms with Crippen molar-refractivity contribution in [3.8, 4) is 0 Å². The first kappa shape index (κ1) is 12.2. The average molecular weight is 209 g/mol. The first-order valence-corrected chi connectivity index (χ1v) is 5.28. The summed E-state index contributed by atoms with van der Waals surface area (Å²) in [4.78, 5) is 0. The SMILES string of the molecule is CC(C)(C)C(C)(F)c1ccccc1CN. The van der Waals surface area contributed by atoms with Crippen LogP contribution in [0.25, 0.3) is 0 Å². The fraction of sp³-hybridized carbons (Fsp3) is 0.538. The van der Waals surface area contributed by atoms with E-state index in [9.17, 15) is 4.39 Å². The highest BCUT2D eigenvalue weighted by Crippen LogP contribution is 2.43. The van der Waals surface area contributed by atoms with Gasteiger partial charge in [-0.25, -0.2) is 4.39 Å². The topological polar surface area (TPSA) is 26.0 Å². The van der Waals surface area contributed by atoms with Gasteiger partial charge in [-0.15, -0.1) is 0 Å². The molecule has 1 nitrogen and oxygen atoms in total. The van der Waals surface area contributed by atoms with Crippen LogP contribution in [0.4, 0.5) is 4.39 Å². The smallest absolute Gasteiger partial charge is 0.138 e. The van der Waals surface area contributed by atoms with Crippen molar-refractivity contribution >= 4 is 0 Å². The Hall–Kier alpha value is -0.890. The van der Waals surface area contributed by atoms with Crippen molar-refractivity contribution in [2.45, 2.75) is 39.9 Å². The molecule has 15 heavy (non-hydrogen) atoms. The molecule has 0 spiro atoms. The highest BCUT2D eigenvalue weighted by molar-refractivity contribution is 5.33. The molecular weight excluding hydrogens is 189 g/mol. The van der Waals surface area contributed by atoms with Crippen LogP contribution in [0.1, 0.15) is 38.8 Å². The van der Waals surface area contributed by atoms with Gasteiger partial charge in [0.1, 0.15) is 5.67 Å². The van der Waals surface area contributed by atoms with Gasteiger partial charge in [0.15, 0.2) is 0 Å². The first-order chi connectivity index (χ1) is 6.80. The summed E-state index contributed by atoms with van der Waals surface area (Å²) in [5, 5.41) is 0. The number of rotatable bonds is 2. The number of halogens is 1. The molecule has 0 saturated heterocycles. The molecule has 0 fully saturated rings. The van der Waals surface area contributed by atoms with Crippen molar-refractivity contribution < 1.29 is 4.39 Å². The molecule has 84 valence electrons. The Morgan fingerprint density at radius 2 is 1.67 bits per heavy atom. The predicted octanol–water partition coefficient (Wildman–Crippen LogP) is 3.38. The van der Waals surface area contributed by atoms with Gasteiger partial charge in [0, 0.05) is 6.54 Å². The quantitative estimate of drug-likeness (QED) is 0.794. The number of nitrogens with two attached hydrogens (primary N) is 1. The third kappa shape index (κ3) is 2.20. The van der Waals surface area contributed by atoms with Gasteiger partial charge < -0.3 is 5.73 Å². The van der Waals surface area contributed by atoms with Gasteiger partial charge in [-0.2, -0.15) is 0 Å². The van der Waals surface area contributed by atoms with E-state index < -0.39 is 11.1 Å². The van der Waals surface area contributed by atoms with Gasteiger partial charge in [0.05, 0.1) is 0 Å². The lowest BCUT2D eigenvalue weighted by Crippen LogP contribution is -2.33. The van der Waals surface area contributed by atoms with Crippen molar-refractivity contribution in [2.24, 2.45) is 11.1 Å². The Balaban J connectivity index is 3.26. The Morgan fingerprint density at radius 1 is 1.13 bits per heavy atom. The van der Waals surface area contributed by atoms with Gasteiger partial charge in [0.2, 0.25) is 0 Å². The van der Waals surface area contributed by atoms with Crippen LogP contribution < -0.4 is 5.73 Å². The maximum Gasteiger partial charge on any atom is 0.138 e. The monoisotopic (exact) mass is 209 g/mol. The van der Waals surface area contributed by atoms with E-state index in [2.05, 4.69) is 0 Å². The van der Waals surface area contributed by atoms with Crippen LogP contribution in [-0.2, 0) is 12.2 Å². The zero-order chi connectivity index (χ0) is 11.7. The normalized spacial score (nSPS) is 16.1. The molecule has 0 saturated carbocycles. The molecular formula is C13H20FN. The highest BCUT2D eigenvalue weighted by atomic mass is 19.1. The Morgan fingerprint density at radius 3 is 2.13 bits per heavy atom. The van der Waals surface area contributed by atoms with E-state index >= 15 is 0 Å². The minimum Gasteiger partial charge on any atom is -0.326 e. The molecule has 1 aromatic rings. The van der Waals surface area contributed by atoms with Crippen LogP contribution in [-0.4, -0.2) is 0 Å². The second-order valence-electron chi connectivity index (χ2n) is 5.11. The Bertz CT molecular complexity index is 337. The molecule has 0 radical (unpaired) electrons. The predicted molar refractivity (Wildman–Crippen MR) is 62.2 cm³/mol. The lowest BCUT2D eigenvalue weighted by molar-refractivity contribution is 0.0443. The molecule has 0 aliphatic carbocycles. The van der Waals surface area contributed by atoms with Crippen molar-refractivity contribution in [1.82, 2.24) is 0 Å². The number of hydrogen-bond acceptors (Lipinski definition) is 1. The molecule has 0 aliphatic rings. The number of benzene rings is 1. The minimum atomic E-state index is -1.36. The van der Waals surface area contributed by atoms with E-state index in [-0.39, 0.29) is 0 Å². The average Bonchev–Trinajstić information content (AvgIpc) is 2.16. The minimum absolute atomic E-state index is 0.381. The summed E-state index contributed by atoms with van der Waals surface area (Å²) in [5.74, 6) is 0. The summed E-state index contributed by atoms with van der Waals surface area (Å²) in [6.45, 7) is 7.72. The van der Waals surface area contributed by atoms with Crippen molar-refractivity contribution in [1.29, 1.82) is 0 Å². The third-order valence-corrected chi connectivity index (χ3v) is 3.15. The maximum atomic E-state index is 14.7. The number of alkyl halides is 1. The first-order valence-electron chi connectivity index (χ1n) is 5.28. The molecule has 0 heterocycles. The van der Waals surface area contributed by atoms with Gasteiger partial charge in [-0.3, -0.25) is 0 Å². The van der Waals surface area contributed by atoms with Crippen molar-refractivity contribution in [3.63, 3.8) is 0 Å². The molecule has 0 amide bonds. The molecule has 0 aliphatic heterocycles. The molecule has 2 N–H and O–H groups in total. The molecule has 1 rings (SSSR count). The summed E-state index contributed by atoms with van der Waals surface area (Å²) in [5.41, 5.74) is 5.43. The standard InChI is InChI=1S/C13H20FN/c1-12(2,3)13(4,14)11-8-6-5-7-10(11)9-15/h5-8H,9,15H2,1-4H3. The summed E-state index contributed by atoms with van der Waals surface area (Å²) in [7, 11) is 0. The molecule has 0 bridgehead atoms. The summed E-state index contributed by atoms with van der Waals surface area (Å²) >= 11 is 0. The zero-order valence-corrected chi connectivity index (χ0v) is 9.97. The molecule has 1 aromatic carbocycles. The van der Waals surface area contributed by atoms with E-state index in [4.69, 9.17) is 5.73 Å². The van der Waals surface area contributed by atoms with E-state index in [1.807, 2.05) is 45.0 Å². The summed E-state index contributed by atoms with van der Waals surface area (Å²) in [6, 6.07) is 7.47. The Labute approximate surface area is 91.5 Å². The largest absolute Gasteiger partial charge is 0.326 e. The highest BCUT2D eigenvalue weighted by Gasteiger charge is 2.40. The van der Waals surface area contributed by atoms with Crippen LogP contribution in [0.5, 0.6) is 0 Å². The Kier molecular flexibility index (Phi) is 3.19. The fourth-order valence-corrected chi connectivity index (χ4v) is 1.56. The van der Waals surface area contributed by atoms with Crippen LogP contribution in [0.3, 0.4) is 0 Å². The van der Waals surface area contributed by atoms with E-state index in [1.54, 1.807) is 6.92 Å². The summed E-state index contributed by atoms with van der Waals surface area (Å²) < 4.78 is 14.7. The van der Waals surface area contributed by atoms with Gasteiger partial charge in [0.25, 0.3) is 0 Å². The number of hydrogen-bond donors (Lipinski definition) is 1. The van der Waals surface area contributed by atoms with Crippen LogP contribution in [0.15, 0.2) is 24.3 Å². The van der Waals surface area contributed by atoms with Gasteiger partial charge >= 0.3 is 0 Å². The van der Waals surface area contributed by atoms with Crippen molar-refractivity contribution in [2.75, 3.05) is 0 Å².